The number of para-hydroxylation sites is 1. The number of hydrogen-bond acceptors (Lipinski definition) is 4. The van der Waals surface area contributed by atoms with Crippen molar-refractivity contribution in [3.8, 4) is 33.4 Å². The Balaban J connectivity index is 1.09. The maximum absolute atomic E-state index is 6.68. The molecule has 1 atom stereocenters. The fraction of sp³-hybridized carbons (Fsp3) is 0.0204. The van der Waals surface area contributed by atoms with Crippen molar-refractivity contribution in [2.24, 2.45) is 9.98 Å². The highest BCUT2D eigenvalue weighted by Crippen LogP contribution is 2.40. The van der Waals surface area contributed by atoms with Crippen molar-refractivity contribution in [2.75, 3.05) is 0 Å². The molecule has 1 N–H and O–H groups in total. The Bertz CT molecular complexity index is 2830. The fourth-order valence-electron chi connectivity index (χ4n) is 7.52. The van der Waals surface area contributed by atoms with Crippen LogP contribution in [0.3, 0.4) is 0 Å². The van der Waals surface area contributed by atoms with E-state index < -0.39 is 6.17 Å². The summed E-state index contributed by atoms with van der Waals surface area (Å²) in [6.07, 6.45) is -0.443. The Morgan fingerprint density at radius 2 is 0.962 bits per heavy atom. The number of hydrogen-bond donors (Lipinski definition) is 1. The van der Waals surface area contributed by atoms with Crippen LogP contribution in [-0.4, -0.2) is 11.7 Å². The van der Waals surface area contributed by atoms with Gasteiger partial charge in [0, 0.05) is 27.5 Å². The Morgan fingerprint density at radius 3 is 1.75 bits per heavy atom. The van der Waals surface area contributed by atoms with Crippen LogP contribution in [0.25, 0.3) is 66.1 Å². The van der Waals surface area contributed by atoms with Gasteiger partial charge in [-0.1, -0.05) is 170 Å². The molecule has 2 heterocycles. The van der Waals surface area contributed by atoms with E-state index in [1.165, 1.54) is 27.5 Å². The summed E-state index contributed by atoms with van der Waals surface area (Å²) in [5.74, 6) is 1.53. The third kappa shape index (κ3) is 5.58. The number of aliphatic imine (C=N–C) groups is 2. The minimum Gasteiger partial charge on any atom is -0.455 e. The van der Waals surface area contributed by atoms with Crippen LogP contribution in [0, 0.1) is 0 Å². The summed E-state index contributed by atoms with van der Waals surface area (Å²) in [4.78, 5) is 10.5. The highest BCUT2D eigenvalue weighted by atomic mass is 16.3. The summed E-state index contributed by atoms with van der Waals surface area (Å²) in [5, 5.41) is 8.17. The van der Waals surface area contributed by atoms with E-state index in [4.69, 9.17) is 14.4 Å². The van der Waals surface area contributed by atoms with Crippen LogP contribution in [0.1, 0.15) is 22.9 Å². The number of nitrogens with zero attached hydrogens (tertiary/aromatic N) is 2. The van der Waals surface area contributed by atoms with Gasteiger partial charge in [-0.05, 0) is 62.4 Å². The maximum Gasteiger partial charge on any atom is 0.169 e. The molecule has 1 aromatic heterocycles. The molecule has 1 aliphatic rings. The third-order valence-corrected chi connectivity index (χ3v) is 10.2. The molecule has 0 radical (unpaired) electrons. The Hall–Kier alpha value is -7.04. The Kier molecular flexibility index (Phi) is 7.51. The molecule has 53 heavy (non-hydrogen) atoms. The van der Waals surface area contributed by atoms with Crippen molar-refractivity contribution in [1.82, 2.24) is 5.32 Å². The van der Waals surface area contributed by atoms with Gasteiger partial charge in [-0.15, -0.1) is 0 Å². The molecule has 4 nitrogen and oxygen atoms in total. The molecule has 0 fully saturated rings. The molecule has 10 rings (SSSR count). The number of furan rings is 1. The topological polar surface area (TPSA) is 49.9 Å². The zero-order valence-electron chi connectivity index (χ0n) is 28.8. The Labute approximate surface area is 307 Å². The van der Waals surface area contributed by atoms with Crippen molar-refractivity contribution >= 4 is 44.4 Å². The van der Waals surface area contributed by atoms with E-state index in [9.17, 15) is 0 Å². The molecule has 0 saturated heterocycles. The average molecular weight is 680 g/mol. The lowest BCUT2D eigenvalue weighted by Gasteiger charge is -2.23. The van der Waals surface area contributed by atoms with Crippen molar-refractivity contribution < 1.29 is 4.42 Å². The second kappa shape index (κ2) is 12.9. The molecule has 0 spiro atoms. The van der Waals surface area contributed by atoms with Crippen molar-refractivity contribution in [2.45, 2.75) is 6.17 Å². The molecule has 0 aliphatic carbocycles. The van der Waals surface area contributed by atoms with Gasteiger partial charge < -0.3 is 9.73 Å². The van der Waals surface area contributed by atoms with Crippen molar-refractivity contribution in [1.29, 1.82) is 0 Å². The van der Waals surface area contributed by atoms with E-state index >= 15 is 0 Å². The summed E-state index contributed by atoms with van der Waals surface area (Å²) < 4.78 is 6.68. The number of amidine groups is 2. The second-order valence-electron chi connectivity index (χ2n) is 13.4. The zero-order valence-corrected chi connectivity index (χ0v) is 28.8. The first-order valence-corrected chi connectivity index (χ1v) is 17.9. The van der Waals surface area contributed by atoms with E-state index in [2.05, 4.69) is 157 Å². The molecular weight excluding hydrogens is 647 g/mol. The smallest absolute Gasteiger partial charge is 0.169 e. The lowest BCUT2D eigenvalue weighted by molar-refractivity contribution is 0.670. The zero-order chi connectivity index (χ0) is 35.1. The quantitative estimate of drug-likeness (QED) is 0.190. The number of rotatable bonds is 6. The fourth-order valence-corrected chi connectivity index (χ4v) is 7.52. The summed E-state index contributed by atoms with van der Waals surface area (Å²) in [7, 11) is 0. The van der Waals surface area contributed by atoms with Crippen LogP contribution in [0.15, 0.2) is 202 Å². The van der Waals surface area contributed by atoms with Crippen molar-refractivity contribution in [3.05, 3.63) is 205 Å². The molecule has 0 amide bonds. The number of benzene rings is 8. The van der Waals surface area contributed by atoms with Crippen LogP contribution >= 0.6 is 0 Å². The summed E-state index contributed by atoms with van der Waals surface area (Å²) in [6, 6.07) is 65.7. The minimum atomic E-state index is -0.443. The SMILES string of the molecule is c1ccc(C2=NC(c3ccc(-c4cccc5ccccc45)cc3)N=C(c3ccc(-c4ccc(-c5ccccc5)cc4)c4oc5ccccc5c34)N2)cc1. The van der Waals surface area contributed by atoms with Crippen LogP contribution in [0.5, 0.6) is 0 Å². The van der Waals surface area contributed by atoms with Crippen molar-refractivity contribution in [3.63, 3.8) is 0 Å². The molecule has 4 heteroatoms. The lowest BCUT2D eigenvalue weighted by Crippen LogP contribution is -2.36. The van der Waals surface area contributed by atoms with Crippen LogP contribution < -0.4 is 5.32 Å². The number of fused-ring (bicyclic) bond motifs is 4. The minimum absolute atomic E-state index is 0.443. The molecule has 0 bridgehead atoms. The monoisotopic (exact) mass is 679 g/mol. The van der Waals surface area contributed by atoms with Crippen LogP contribution in [0.2, 0.25) is 0 Å². The average Bonchev–Trinajstić information content (AvgIpc) is 3.64. The molecule has 9 aromatic rings. The van der Waals surface area contributed by atoms with Gasteiger partial charge in [-0.25, -0.2) is 9.98 Å². The molecule has 1 unspecified atom stereocenters. The van der Waals surface area contributed by atoms with Gasteiger partial charge in [0.15, 0.2) is 6.17 Å². The van der Waals surface area contributed by atoms with E-state index in [-0.39, 0.29) is 0 Å². The standard InChI is InChI=1S/C49H33N3O/c1-3-12-32(13-4-1)33-22-24-36(25-23-33)41-30-31-43(45-42-19-9-10-21-44(42)53-46(41)45)49-51-47(37-15-5-2-6-16-37)50-48(52-49)38-28-26-35(27-29-38)40-20-11-17-34-14-7-8-18-39(34)40/h1-31,48H,(H,50,51,52). The highest BCUT2D eigenvalue weighted by Gasteiger charge is 2.25. The molecule has 1 aliphatic heterocycles. The summed E-state index contributed by atoms with van der Waals surface area (Å²) in [6.45, 7) is 0. The lowest BCUT2D eigenvalue weighted by atomic mass is 9.95. The first-order chi connectivity index (χ1) is 26.3. The van der Waals surface area contributed by atoms with Gasteiger partial charge in [0.05, 0.1) is 0 Å². The second-order valence-corrected chi connectivity index (χ2v) is 13.4. The predicted molar refractivity (Wildman–Crippen MR) is 219 cm³/mol. The highest BCUT2D eigenvalue weighted by molar-refractivity contribution is 6.25. The number of nitrogens with one attached hydrogen (secondary N) is 1. The maximum atomic E-state index is 6.68. The van der Waals surface area contributed by atoms with E-state index in [1.54, 1.807) is 0 Å². The van der Waals surface area contributed by atoms with Crippen LogP contribution in [-0.2, 0) is 0 Å². The first kappa shape index (κ1) is 30.8. The summed E-state index contributed by atoms with van der Waals surface area (Å²) >= 11 is 0. The summed E-state index contributed by atoms with van der Waals surface area (Å²) in [5.41, 5.74) is 11.5. The molecule has 250 valence electrons. The third-order valence-electron chi connectivity index (χ3n) is 10.2. The van der Waals surface area contributed by atoms with E-state index in [0.29, 0.717) is 0 Å². The van der Waals surface area contributed by atoms with Gasteiger partial charge >= 0.3 is 0 Å². The molecular formula is C49H33N3O. The van der Waals surface area contributed by atoms with E-state index in [0.717, 1.165) is 67.0 Å². The van der Waals surface area contributed by atoms with Gasteiger partial charge in [0.25, 0.3) is 0 Å². The van der Waals surface area contributed by atoms with Gasteiger partial charge in [-0.2, -0.15) is 0 Å². The molecule has 0 saturated carbocycles. The van der Waals surface area contributed by atoms with E-state index in [1.807, 2.05) is 36.4 Å². The largest absolute Gasteiger partial charge is 0.455 e. The predicted octanol–water partition coefficient (Wildman–Crippen LogP) is 12.2. The normalized spacial score (nSPS) is 14.2. The van der Waals surface area contributed by atoms with Gasteiger partial charge in [0.1, 0.15) is 22.8 Å². The first-order valence-electron chi connectivity index (χ1n) is 17.9. The van der Waals surface area contributed by atoms with Crippen LogP contribution in [0.4, 0.5) is 0 Å². The van der Waals surface area contributed by atoms with Gasteiger partial charge in [-0.3, -0.25) is 0 Å². The van der Waals surface area contributed by atoms with Gasteiger partial charge in [0.2, 0.25) is 0 Å². The Morgan fingerprint density at radius 1 is 0.396 bits per heavy atom. The molecule has 8 aromatic carbocycles.